The lowest BCUT2D eigenvalue weighted by molar-refractivity contribution is 0.364. The molecule has 5 heteroatoms. The van der Waals surface area contributed by atoms with Crippen molar-refractivity contribution in [3.63, 3.8) is 0 Å². The number of thioether (sulfide) groups is 1. The standard InChI is InChI=1S/C13H20N4S/c1-13(2,3)11-7-12(18-9-14)15-17(11)10-5-6-16(4)8-10/h7,10H,5-6,8H2,1-4H3. The molecule has 18 heavy (non-hydrogen) atoms. The van der Waals surface area contributed by atoms with Gasteiger partial charge in [-0.25, -0.2) is 0 Å². The van der Waals surface area contributed by atoms with Crippen molar-refractivity contribution in [1.82, 2.24) is 14.7 Å². The molecular formula is C13H20N4S. The van der Waals surface area contributed by atoms with E-state index >= 15 is 0 Å². The summed E-state index contributed by atoms with van der Waals surface area (Å²) in [4.78, 5) is 2.33. The molecule has 0 aliphatic carbocycles. The fourth-order valence-corrected chi connectivity index (χ4v) is 2.81. The molecule has 1 aromatic heterocycles. The summed E-state index contributed by atoms with van der Waals surface area (Å²) in [6, 6.07) is 2.50. The van der Waals surface area contributed by atoms with E-state index in [2.05, 4.69) is 54.0 Å². The Kier molecular flexibility index (Phi) is 3.69. The topological polar surface area (TPSA) is 44.9 Å². The Morgan fingerprint density at radius 2 is 2.22 bits per heavy atom. The van der Waals surface area contributed by atoms with Crippen LogP contribution in [0.1, 0.15) is 38.9 Å². The first-order valence-electron chi connectivity index (χ1n) is 6.26. The van der Waals surface area contributed by atoms with Crippen LogP contribution in [-0.2, 0) is 5.41 Å². The van der Waals surface area contributed by atoms with Crippen molar-refractivity contribution in [2.24, 2.45) is 0 Å². The monoisotopic (exact) mass is 264 g/mol. The van der Waals surface area contributed by atoms with Crippen LogP contribution < -0.4 is 0 Å². The maximum absolute atomic E-state index is 8.79. The Morgan fingerprint density at radius 1 is 1.50 bits per heavy atom. The third-order valence-electron chi connectivity index (χ3n) is 3.34. The molecule has 2 heterocycles. The minimum Gasteiger partial charge on any atom is -0.304 e. The molecule has 1 atom stereocenters. The van der Waals surface area contributed by atoms with E-state index in [0.717, 1.165) is 36.3 Å². The van der Waals surface area contributed by atoms with Gasteiger partial charge >= 0.3 is 0 Å². The minimum absolute atomic E-state index is 0.0580. The van der Waals surface area contributed by atoms with Crippen LogP contribution in [0, 0.1) is 10.7 Å². The Labute approximate surface area is 113 Å². The smallest absolute Gasteiger partial charge is 0.140 e. The highest BCUT2D eigenvalue weighted by atomic mass is 32.2. The molecular weight excluding hydrogens is 244 g/mol. The van der Waals surface area contributed by atoms with Crippen LogP contribution in [0.5, 0.6) is 0 Å². The number of likely N-dealkylation sites (tertiary alicyclic amines) is 1. The van der Waals surface area contributed by atoms with Crippen LogP contribution in [0.4, 0.5) is 0 Å². The van der Waals surface area contributed by atoms with Gasteiger partial charge in [-0.1, -0.05) is 20.8 Å². The van der Waals surface area contributed by atoms with Gasteiger partial charge in [-0.15, -0.1) is 0 Å². The molecule has 1 aliphatic heterocycles. The molecule has 0 amide bonds. The molecule has 4 nitrogen and oxygen atoms in total. The molecule has 0 aromatic carbocycles. The SMILES string of the molecule is CN1CCC(n2nc(SC#N)cc2C(C)(C)C)C1. The number of thiocyanates is 1. The molecule has 0 N–H and O–H groups in total. The molecule has 0 bridgehead atoms. The highest BCUT2D eigenvalue weighted by Crippen LogP contribution is 2.31. The summed E-state index contributed by atoms with van der Waals surface area (Å²) in [5.41, 5.74) is 1.28. The predicted molar refractivity (Wildman–Crippen MR) is 73.5 cm³/mol. The molecule has 1 saturated heterocycles. The molecule has 0 saturated carbocycles. The Balaban J connectivity index is 2.35. The molecule has 1 fully saturated rings. The van der Waals surface area contributed by atoms with Gasteiger partial charge in [0.2, 0.25) is 0 Å². The van der Waals surface area contributed by atoms with Gasteiger partial charge in [0.05, 0.1) is 6.04 Å². The van der Waals surface area contributed by atoms with E-state index in [9.17, 15) is 0 Å². The van der Waals surface area contributed by atoms with E-state index in [1.807, 2.05) is 0 Å². The molecule has 98 valence electrons. The number of aromatic nitrogens is 2. The van der Waals surface area contributed by atoms with Gasteiger partial charge in [0.1, 0.15) is 10.4 Å². The number of hydrogen-bond donors (Lipinski definition) is 0. The lowest BCUT2D eigenvalue weighted by Crippen LogP contribution is -2.24. The maximum Gasteiger partial charge on any atom is 0.140 e. The largest absolute Gasteiger partial charge is 0.304 e. The second-order valence-electron chi connectivity index (χ2n) is 5.96. The van der Waals surface area contributed by atoms with Gasteiger partial charge in [0.25, 0.3) is 0 Å². The zero-order valence-electron chi connectivity index (χ0n) is 11.5. The van der Waals surface area contributed by atoms with Crippen molar-refractivity contribution in [2.75, 3.05) is 20.1 Å². The fourth-order valence-electron chi connectivity index (χ4n) is 2.42. The lowest BCUT2D eigenvalue weighted by atomic mass is 9.92. The van der Waals surface area contributed by atoms with E-state index in [1.165, 1.54) is 5.69 Å². The second-order valence-corrected chi connectivity index (χ2v) is 6.77. The summed E-state index contributed by atoms with van der Waals surface area (Å²) in [6.07, 6.45) is 1.14. The van der Waals surface area contributed by atoms with Gasteiger partial charge < -0.3 is 4.90 Å². The summed E-state index contributed by atoms with van der Waals surface area (Å²) in [7, 11) is 2.14. The third-order valence-corrected chi connectivity index (χ3v) is 3.84. The van der Waals surface area contributed by atoms with Gasteiger partial charge in [0, 0.05) is 29.4 Å². The van der Waals surface area contributed by atoms with Crippen molar-refractivity contribution >= 4 is 11.8 Å². The molecule has 0 spiro atoms. The average molecular weight is 264 g/mol. The van der Waals surface area contributed by atoms with Crippen LogP contribution >= 0.6 is 11.8 Å². The summed E-state index contributed by atoms with van der Waals surface area (Å²) >= 11 is 1.15. The van der Waals surface area contributed by atoms with Crippen LogP contribution in [0.15, 0.2) is 11.1 Å². The van der Waals surface area contributed by atoms with Crippen LogP contribution in [-0.4, -0.2) is 34.8 Å². The fraction of sp³-hybridized carbons (Fsp3) is 0.692. The van der Waals surface area contributed by atoms with E-state index in [-0.39, 0.29) is 5.41 Å². The maximum atomic E-state index is 8.79. The van der Waals surface area contributed by atoms with Crippen LogP contribution in [0.2, 0.25) is 0 Å². The van der Waals surface area contributed by atoms with Crippen molar-refractivity contribution in [1.29, 1.82) is 5.26 Å². The first-order chi connectivity index (χ1) is 8.41. The summed E-state index contributed by atoms with van der Waals surface area (Å²) < 4.78 is 2.14. The van der Waals surface area contributed by atoms with E-state index in [1.54, 1.807) is 0 Å². The Bertz CT molecular complexity index is 466. The quantitative estimate of drug-likeness (QED) is 0.608. The number of rotatable bonds is 2. The van der Waals surface area contributed by atoms with Crippen molar-refractivity contribution in [3.05, 3.63) is 11.8 Å². The Morgan fingerprint density at radius 3 is 2.72 bits per heavy atom. The van der Waals surface area contributed by atoms with Crippen LogP contribution in [0.3, 0.4) is 0 Å². The van der Waals surface area contributed by atoms with Crippen molar-refractivity contribution < 1.29 is 0 Å². The first kappa shape index (κ1) is 13.4. The molecule has 1 aliphatic rings. The van der Waals surface area contributed by atoms with Gasteiger partial charge in [-0.2, -0.15) is 10.4 Å². The predicted octanol–water partition coefficient (Wildman–Crippen LogP) is 2.63. The highest BCUT2D eigenvalue weighted by Gasteiger charge is 2.28. The van der Waals surface area contributed by atoms with Crippen molar-refractivity contribution in [2.45, 2.75) is 43.7 Å². The minimum atomic E-state index is 0.0580. The average Bonchev–Trinajstić information content (AvgIpc) is 2.83. The zero-order valence-corrected chi connectivity index (χ0v) is 12.3. The third kappa shape index (κ3) is 2.70. The van der Waals surface area contributed by atoms with Gasteiger partial charge in [-0.3, -0.25) is 4.68 Å². The summed E-state index contributed by atoms with van der Waals surface area (Å²) in [5.74, 6) is 0. The summed E-state index contributed by atoms with van der Waals surface area (Å²) in [5, 5.41) is 16.3. The Hall–Kier alpha value is -0.990. The summed E-state index contributed by atoms with van der Waals surface area (Å²) in [6.45, 7) is 8.75. The molecule has 0 radical (unpaired) electrons. The van der Waals surface area contributed by atoms with E-state index in [4.69, 9.17) is 5.26 Å². The lowest BCUT2D eigenvalue weighted by Gasteiger charge is -2.23. The number of likely N-dealkylation sites (N-methyl/N-ethyl adjacent to an activating group) is 1. The van der Waals surface area contributed by atoms with E-state index in [0.29, 0.717) is 6.04 Å². The van der Waals surface area contributed by atoms with E-state index < -0.39 is 0 Å². The number of nitrogens with zero attached hydrogens (tertiary/aromatic N) is 4. The zero-order chi connectivity index (χ0) is 13.3. The van der Waals surface area contributed by atoms with Crippen molar-refractivity contribution in [3.8, 4) is 5.40 Å². The number of hydrogen-bond acceptors (Lipinski definition) is 4. The highest BCUT2D eigenvalue weighted by molar-refractivity contribution is 8.03. The molecule has 1 aromatic rings. The van der Waals surface area contributed by atoms with Crippen LogP contribution in [0.25, 0.3) is 0 Å². The molecule has 2 rings (SSSR count). The normalized spacial score (nSPS) is 21.2. The van der Waals surface area contributed by atoms with Gasteiger partial charge in [0.15, 0.2) is 0 Å². The van der Waals surface area contributed by atoms with Gasteiger partial charge in [-0.05, 0) is 26.1 Å². The second kappa shape index (κ2) is 4.94. The first-order valence-corrected chi connectivity index (χ1v) is 7.08. The number of nitriles is 1. The molecule has 1 unspecified atom stereocenters.